The molecule has 1 amide bonds. The number of para-hydroxylation sites is 1. The van der Waals surface area contributed by atoms with Gasteiger partial charge in [-0.05, 0) is 63.4 Å². The van der Waals surface area contributed by atoms with Crippen molar-refractivity contribution in [3.8, 4) is 17.2 Å². The second-order valence-corrected chi connectivity index (χ2v) is 6.86. The van der Waals surface area contributed by atoms with Crippen LogP contribution in [-0.2, 0) is 12.8 Å². The maximum Gasteiger partial charge on any atom is 0.256 e. The third-order valence-corrected chi connectivity index (χ3v) is 4.95. The van der Waals surface area contributed by atoms with E-state index in [4.69, 9.17) is 14.6 Å². The number of benzene rings is 2. The van der Waals surface area contributed by atoms with Gasteiger partial charge in [0.25, 0.3) is 5.91 Å². The molecule has 6 heteroatoms. The minimum Gasteiger partial charge on any atom is -0.490 e. The summed E-state index contributed by atoms with van der Waals surface area (Å²) in [6.07, 6.45) is 2.93. The number of carbonyl (C=O) groups is 1. The van der Waals surface area contributed by atoms with Gasteiger partial charge in [0, 0.05) is 11.1 Å². The predicted molar refractivity (Wildman–Crippen MR) is 112 cm³/mol. The second-order valence-electron chi connectivity index (χ2n) is 6.86. The van der Waals surface area contributed by atoms with Crippen LogP contribution in [0, 0.1) is 0 Å². The van der Waals surface area contributed by atoms with Gasteiger partial charge < -0.3 is 14.8 Å². The van der Waals surface area contributed by atoms with Crippen LogP contribution in [0.15, 0.2) is 48.5 Å². The van der Waals surface area contributed by atoms with Crippen molar-refractivity contribution >= 4 is 11.7 Å². The number of anilines is 1. The largest absolute Gasteiger partial charge is 0.490 e. The number of ether oxygens (including phenoxy) is 2. The van der Waals surface area contributed by atoms with Crippen LogP contribution in [-0.4, -0.2) is 28.9 Å². The Morgan fingerprint density at radius 2 is 1.79 bits per heavy atom. The number of hydrogen-bond donors (Lipinski definition) is 1. The topological polar surface area (TPSA) is 65.4 Å². The molecule has 1 heterocycles. The highest BCUT2D eigenvalue weighted by atomic mass is 16.5. The van der Waals surface area contributed by atoms with Crippen molar-refractivity contribution in [1.29, 1.82) is 0 Å². The lowest BCUT2D eigenvalue weighted by Gasteiger charge is -2.14. The lowest BCUT2D eigenvalue weighted by Crippen LogP contribution is -2.16. The Morgan fingerprint density at radius 3 is 2.55 bits per heavy atom. The maximum absolute atomic E-state index is 13.1. The van der Waals surface area contributed by atoms with E-state index in [1.807, 2.05) is 48.9 Å². The van der Waals surface area contributed by atoms with Crippen LogP contribution in [0.5, 0.6) is 11.5 Å². The van der Waals surface area contributed by atoms with Crippen molar-refractivity contribution in [3.63, 3.8) is 0 Å². The molecule has 0 spiro atoms. The van der Waals surface area contributed by atoms with Crippen LogP contribution in [0.1, 0.15) is 41.9 Å². The van der Waals surface area contributed by atoms with Crippen molar-refractivity contribution in [2.75, 3.05) is 18.5 Å². The number of nitrogens with one attached hydrogen (secondary N) is 1. The zero-order valence-corrected chi connectivity index (χ0v) is 16.8. The molecule has 0 radical (unpaired) electrons. The fourth-order valence-corrected chi connectivity index (χ4v) is 3.65. The van der Waals surface area contributed by atoms with Gasteiger partial charge in [-0.1, -0.05) is 18.2 Å². The van der Waals surface area contributed by atoms with Gasteiger partial charge in [0.15, 0.2) is 11.5 Å². The van der Waals surface area contributed by atoms with E-state index >= 15 is 0 Å². The first kappa shape index (κ1) is 19.1. The predicted octanol–water partition coefficient (Wildman–Crippen LogP) is 4.41. The van der Waals surface area contributed by atoms with Gasteiger partial charge in [0.05, 0.1) is 24.6 Å². The monoisotopic (exact) mass is 391 g/mol. The maximum atomic E-state index is 13.1. The normalized spacial score (nSPS) is 12.5. The average molecular weight is 391 g/mol. The molecule has 6 nitrogen and oxygen atoms in total. The minimum atomic E-state index is -0.194. The first-order valence-electron chi connectivity index (χ1n) is 10.1. The van der Waals surface area contributed by atoms with Gasteiger partial charge in [-0.15, -0.1) is 0 Å². The molecule has 1 aliphatic carbocycles. The van der Waals surface area contributed by atoms with E-state index < -0.39 is 0 Å². The molecule has 0 unspecified atom stereocenters. The van der Waals surface area contributed by atoms with Crippen LogP contribution in [0.25, 0.3) is 5.69 Å². The lowest BCUT2D eigenvalue weighted by molar-refractivity contribution is 0.102. The molecule has 150 valence electrons. The Bertz CT molecular complexity index is 1010. The summed E-state index contributed by atoms with van der Waals surface area (Å²) >= 11 is 0. The number of nitrogens with zero attached hydrogens (tertiary/aromatic N) is 2. The second kappa shape index (κ2) is 8.39. The fraction of sp³-hybridized carbons (Fsp3) is 0.304. The SMILES string of the molecule is CCOc1ccc(C(=O)Nc2c3c(nn2-c2ccccc2)CCC3)cc1OCC. The van der Waals surface area contributed by atoms with E-state index in [2.05, 4.69) is 5.32 Å². The average Bonchev–Trinajstić information content (AvgIpc) is 3.33. The van der Waals surface area contributed by atoms with Gasteiger partial charge in [-0.2, -0.15) is 5.10 Å². The van der Waals surface area contributed by atoms with Crippen LogP contribution >= 0.6 is 0 Å². The quantitative estimate of drug-likeness (QED) is 0.648. The molecule has 0 saturated carbocycles. The Balaban J connectivity index is 1.66. The Kier molecular flexibility index (Phi) is 5.51. The van der Waals surface area contributed by atoms with Crippen LogP contribution in [0.2, 0.25) is 0 Å². The van der Waals surface area contributed by atoms with E-state index in [1.54, 1.807) is 18.2 Å². The zero-order valence-electron chi connectivity index (χ0n) is 16.8. The summed E-state index contributed by atoms with van der Waals surface area (Å²) in [5, 5.41) is 7.84. The highest BCUT2D eigenvalue weighted by molar-refractivity contribution is 6.04. The smallest absolute Gasteiger partial charge is 0.256 e. The van der Waals surface area contributed by atoms with Crippen molar-refractivity contribution in [2.45, 2.75) is 33.1 Å². The molecular formula is C23H25N3O3. The van der Waals surface area contributed by atoms with Crippen LogP contribution in [0.3, 0.4) is 0 Å². The third-order valence-electron chi connectivity index (χ3n) is 4.95. The first-order valence-corrected chi connectivity index (χ1v) is 10.1. The molecule has 0 saturated heterocycles. The summed E-state index contributed by atoms with van der Waals surface area (Å²) in [7, 11) is 0. The van der Waals surface area contributed by atoms with E-state index in [-0.39, 0.29) is 5.91 Å². The van der Waals surface area contributed by atoms with Crippen LogP contribution < -0.4 is 14.8 Å². The molecule has 2 aromatic carbocycles. The molecule has 0 fully saturated rings. The summed E-state index contributed by atoms with van der Waals surface area (Å²) in [6.45, 7) is 4.86. The van der Waals surface area contributed by atoms with Crippen molar-refractivity contribution in [1.82, 2.24) is 9.78 Å². The summed E-state index contributed by atoms with van der Waals surface area (Å²) < 4.78 is 13.1. The molecule has 0 atom stereocenters. The summed E-state index contributed by atoms with van der Waals surface area (Å²) in [5.74, 6) is 1.77. The number of amides is 1. The van der Waals surface area contributed by atoms with Crippen molar-refractivity contribution in [2.24, 2.45) is 0 Å². The Morgan fingerprint density at radius 1 is 1.03 bits per heavy atom. The number of rotatable bonds is 7. The number of aromatic nitrogens is 2. The van der Waals surface area contributed by atoms with E-state index in [1.165, 1.54) is 0 Å². The fourth-order valence-electron chi connectivity index (χ4n) is 3.65. The third kappa shape index (κ3) is 3.83. The molecule has 3 aromatic rings. The highest BCUT2D eigenvalue weighted by Gasteiger charge is 2.25. The standard InChI is InChI=1S/C23H25N3O3/c1-3-28-20-14-13-16(15-21(20)29-4-2)23(27)24-22-18-11-8-12-19(18)25-26(22)17-9-6-5-7-10-17/h5-7,9-10,13-15H,3-4,8,11-12H2,1-2H3,(H,24,27). The van der Waals surface area contributed by atoms with Crippen molar-refractivity contribution < 1.29 is 14.3 Å². The van der Waals surface area contributed by atoms with Crippen LogP contribution in [0.4, 0.5) is 5.82 Å². The molecule has 4 rings (SSSR count). The summed E-state index contributed by atoms with van der Waals surface area (Å²) in [5.41, 5.74) is 3.63. The Hall–Kier alpha value is -3.28. The number of aryl methyl sites for hydroxylation is 1. The number of fused-ring (bicyclic) bond motifs is 1. The van der Waals surface area contributed by atoms with Gasteiger partial charge in [-0.25, -0.2) is 4.68 Å². The molecule has 29 heavy (non-hydrogen) atoms. The van der Waals surface area contributed by atoms with Gasteiger partial charge in [-0.3, -0.25) is 4.79 Å². The molecule has 1 N–H and O–H groups in total. The molecule has 1 aromatic heterocycles. The number of hydrogen-bond acceptors (Lipinski definition) is 4. The van der Waals surface area contributed by atoms with E-state index in [0.29, 0.717) is 30.3 Å². The van der Waals surface area contributed by atoms with Gasteiger partial charge in [0.1, 0.15) is 5.82 Å². The first-order chi connectivity index (χ1) is 14.2. The summed E-state index contributed by atoms with van der Waals surface area (Å²) in [6, 6.07) is 15.1. The minimum absolute atomic E-state index is 0.194. The van der Waals surface area contributed by atoms with Crippen molar-refractivity contribution in [3.05, 3.63) is 65.4 Å². The molecule has 0 bridgehead atoms. The molecule has 0 aliphatic heterocycles. The molecule has 1 aliphatic rings. The van der Waals surface area contributed by atoms with Gasteiger partial charge in [0.2, 0.25) is 0 Å². The van der Waals surface area contributed by atoms with E-state index in [9.17, 15) is 4.79 Å². The molecular weight excluding hydrogens is 366 g/mol. The highest BCUT2D eigenvalue weighted by Crippen LogP contribution is 2.32. The Labute approximate surface area is 170 Å². The summed E-state index contributed by atoms with van der Waals surface area (Å²) in [4.78, 5) is 13.1. The van der Waals surface area contributed by atoms with E-state index in [0.717, 1.165) is 42.0 Å². The lowest BCUT2D eigenvalue weighted by atomic mass is 10.1. The number of carbonyl (C=O) groups excluding carboxylic acids is 1. The van der Waals surface area contributed by atoms with Gasteiger partial charge >= 0.3 is 0 Å². The zero-order chi connectivity index (χ0) is 20.2.